The number of nitrogens with zero attached hydrogens (tertiary/aromatic N) is 4. The van der Waals surface area contributed by atoms with Crippen molar-refractivity contribution in [1.29, 1.82) is 0 Å². The van der Waals surface area contributed by atoms with Crippen molar-refractivity contribution in [3.05, 3.63) is 16.1 Å². The summed E-state index contributed by atoms with van der Waals surface area (Å²) in [5.74, 6) is 0.206. The van der Waals surface area contributed by atoms with Gasteiger partial charge in [-0.15, -0.1) is 0 Å². The Hall–Kier alpha value is -1.41. The van der Waals surface area contributed by atoms with Crippen LogP contribution in [0.4, 0.5) is 10.6 Å². The summed E-state index contributed by atoms with van der Waals surface area (Å²) < 4.78 is 6.98. The van der Waals surface area contributed by atoms with Crippen molar-refractivity contribution in [3.63, 3.8) is 0 Å². The highest BCUT2D eigenvalue weighted by molar-refractivity contribution is 9.10. The van der Waals surface area contributed by atoms with Crippen LogP contribution in [0.5, 0.6) is 0 Å². The monoisotopic (exact) mass is 347 g/mol. The number of carbonyl (C=O) groups is 1. The van der Waals surface area contributed by atoms with Gasteiger partial charge in [-0.25, -0.2) is 14.8 Å². The molecule has 1 N–H and O–H groups in total. The standard InChI is InChI=1S/C10H11BrClN5O2/c1-10(2,3)19-9(18)16-7-5(11)17-8(6(12)15-7)13-4-14-17/h4H,1-3H3,(H,16,18). The normalized spacial score (nSPS) is 11.6. The van der Waals surface area contributed by atoms with Crippen molar-refractivity contribution >= 4 is 45.1 Å². The van der Waals surface area contributed by atoms with Gasteiger partial charge in [0.1, 0.15) is 11.9 Å². The van der Waals surface area contributed by atoms with E-state index in [9.17, 15) is 4.79 Å². The topological polar surface area (TPSA) is 81.4 Å². The van der Waals surface area contributed by atoms with E-state index >= 15 is 0 Å². The SMILES string of the molecule is CC(C)(C)OC(=O)Nc1nc(Cl)c2ncnn2c1Br. The van der Waals surface area contributed by atoms with Crippen LogP contribution in [0.25, 0.3) is 5.65 Å². The molecule has 0 aromatic carbocycles. The minimum absolute atomic E-state index is 0.131. The summed E-state index contributed by atoms with van der Waals surface area (Å²) in [7, 11) is 0. The maximum Gasteiger partial charge on any atom is 0.413 e. The van der Waals surface area contributed by atoms with Gasteiger partial charge in [-0.05, 0) is 36.7 Å². The van der Waals surface area contributed by atoms with Gasteiger partial charge in [0, 0.05) is 0 Å². The first-order valence-corrected chi connectivity index (χ1v) is 6.50. The lowest BCUT2D eigenvalue weighted by Gasteiger charge is -2.19. The lowest BCUT2D eigenvalue weighted by molar-refractivity contribution is 0.0635. The molecule has 0 bridgehead atoms. The number of fused-ring (bicyclic) bond motifs is 1. The second kappa shape index (κ2) is 4.93. The summed E-state index contributed by atoms with van der Waals surface area (Å²) >= 11 is 9.22. The van der Waals surface area contributed by atoms with Crippen molar-refractivity contribution in [2.24, 2.45) is 0 Å². The number of nitrogens with one attached hydrogen (secondary N) is 1. The predicted octanol–water partition coefficient (Wildman–Crippen LogP) is 2.89. The minimum atomic E-state index is -0.628. The lowest BCUT2D eigenvalue weighted by Crippen LogP contribution is -2.27. The summed E-state index contributed by atoms with van der Waals surface area (Å²) in [4.78, 5) is 19.7. The third-order valence-electron chi connectivity index (χ3n) is 1.94. The molecule has 19 heavy (non-hydrogen) atoms. The number of anilines is 1. The van der Waals surface area contributed by atoms with Gasteiger partial charge in [-0.2, -0.15) is 9.61 Å². The predicted molar refractivity (Wildman–Crippen MR) is 73.3 cm³/mol. The Morgan fingerprint density at radius 3 is 2.84 bits per heavy atom. The molecule has 102 valence electrons. The fraction of sp³-hybridized carbons (Fsp3) is 0.400. The number of hydrogen-bond donors (Lipinski definition) is 1. The average molecular weight is 349 g/mol. The van der Waals surface area contributed by atoms with E-state index < -0.39 is 11.7 Å². The van der Waals surface area contributed by atoms with Gasteiger partial charge in [0.15, 0.2) is 21.2 Å². The summed E-state index contributed by atoms with van der Waals surface area (Å²) in [6.45, 7) is 5.30. The molecule has 0 aliphatic rings. The second-order valence-corrected chi connectivity index (χ2v) is 5.77. The number of rotatable bonds is 1. The van der Waals surface area contributed by atoms with Crippen molar-refractivity contribution < 1.29 is 9.53 Å². The molecular formula is C10H11BrClN5O2. The van der Waals surface area contributed by atoms with Crippen LogP contribution in [0, 0.1) is 0 Å². The Bertz CT molecular complexity index is 637. The summed E-state index contributed by atoms with van der Waals surface area (Å²) in [6.07, 6.45) is 0.710. The van der Waals surface area contributed by atoms with Crippen molar-refractivity contribution in [2.45, 2.75) is 26.4 Å². The van der Waals surface area contributed by atoms with Crippen LogP contribution in [0.3, 0.4) is 0 Å². The van der Waals surface area contributed by atoms with Crippen LogP contribution < -0.4 is 5.32 Å². The molecule has 2 aromatic heterocycles. The van der Waals surface area contributed by atoms with E-state index in [1.165, 1.54) is 10.8 Å². The van der Waals surface area contributed by atoms with Gasteiger partial charge in [0.05, 0.1) is 0 Å². The molecule has 9 heteroatoms. The van der Waals surface area contributed by atoms with E-state index in [1.54, 1.807) is 20.8 Å². The highest BCUT2D eigenvalue weighted by Crippen LogP contribution is 2.25. The zero-order valence-corrected chi connectivity index (χ0v) is 12.8. The Morgan fingerprint density at radius 2 is 2.21 bits per heavy atom. The number of aromatic nitrogens is 4. The molecule has 0 spiro atoms. The van der Waals surface area contributed by atoms with Crippen LogP contribution in [-0.2, 0) is 4.74 Å². The maximum absolute atomic E-state index is 11.7. The van der Waals surface area contributed by atoms with Gasteiger partial charge in [-0.1, -0.05) is 11.6 Å². The van der Waals surface area contributed by atoms with Crippen molar-refractivity contribution in [3.8, 4) is 0 Å². The Labute approximate surface area is 122 Å². The smallest absolute Gasteiger partial charge is 0.413 e. The molecular weight excluding hydrogens is 338 g/mol. The minimum Gasteiger partial charge on any atom is -0.444 e. The first-order chi connectivity index (χ1) is 8.78. The highest BCUT2D eigenvalue weighted by Gasteiger charge is 2.19. The van der Waals surface area contributed by atoms with Gasteiger partial charge in [-0.3, -0.25) is 5.32 Å². The average Bonchev–Trinajstić information content (AvgIpc) is 2.72. The molecule has 0 radical (unpaired) electrons. The zero-order chi connectivity index (χ0) is 14.2. The van der Waals surface area contributed by atoms with Gasteiger partial charge in [0.2, 0.25) is 0 Å². The molecule has 2 heterocycles. The Balaban J connectivity index is 2.31. The van der Waals surface area contributed by atoms with Gasteiger partial charge in [0.25, 0.3) is 0 Å². The van der Waals surface area contributed by atoms with Crippen LogP contribution in [0.2, 0.25) is 5.15 Å². The molecule has 0 atom stereocenters. The molecule has 0 saturated heterocycles. The zero-order valence-electron chi connectivity index (χ0n) is 10.4. The molecule has 0 aliphatic heterocycles. The Morgan fingerprint density at radius 1 is 1.53 bits per heavy atom. The summed E-state index contributed by atoms with van der Waals surface area (Å²) in [5, 5.41) is 6.59. The first kappa shape index (κ1) is 14.0. The van der Waals surface area contributed by atoms with Crippen molar-refractivity contribution in [2.75, 3.05) is 5.32 Å². The van der Waals surface area contributed by atoms with Crippen LogP contribution in [-0.4, -0.2) is 31.3 Å². The quantitative estimate of drug-likeness (QED) is 0.857. The van der Waals surface area contributed by atoms with Gasteiger partial charge >= 0.3 is 6.09 Å². The number of amides is 1. The fourth-order valence-corrected chi connectivity index (χ4v) is 1.96. The number of hydrogen-bond acceptors (Lipinski definition) is 5. The van der Waals surface area contributed by atoms with Gasteiger partial charge < -0.3 is 4.74 Å². The molecule has 0 fully saturated rings. The molecule has 7 nitrogen and oxygen atoms in total. The number of carbonyl (C=O) groups excluding carboxylic acids is 1. The lowest BCUT2D eigenvalue weighted by atomic mass is 10.2. The second-order valence-electron chi connectivity index (χ2n) is 4.66. The first-order valence-electron chi connectivity index (χ1n) is 5.32. The molecule has 0 saturated carbocycles. The number of halogens is 2. The Kier molecular flexibility index (Phi) is 3.64. The number of ether oxygens (including phenoxy) is 1. The fourth-order valence-electron chi connectivity index (χ4n) is 1.30. The van der Waals surface area contributed by atoms with E-state index in [2.05, 4.69) is 36.3 Å². The van der Waals surface area contributed by atoms with E-state index in [-0.39, 0.29) is 11.0 Å². The molecule has 1 amide bonds. The van der Waals surface area contributed by atoms with Crippen LogP contribution in [0.1, 0.15) is 20.8 Å². The summed E-state index contributed by atoms with van der Waals surface area (Å²) in [6, 6.07) is 0. The largest absolute Gasteiger partial charge is 0.444 e. The van der Waals surface area contributed by atoms with Crippen LogP contribution >= 0.6 is 27.5 Å². The van der Waals surface area contributed by atoms with E-state index in [0.29, 0.717) is 10.3 Å². The van der Waals surface area contributed by atoms with Crippen LogP contribution in [0.15, 0.2) is 10.9 Å². The van der Waals surface area contributed by atoms with Crippen molar-refractivity contribution in [1.82, 2.24) is 19.6 Å². The highest BCUT2D eigenvalue weighted by atomic mass is 79.9. The maximum atomic E-state index is 11.7. The van der Waals surface area contributed by atoms with E-state index in [1.807, 2.05) is 0 Å². The molecule has 0 aliphatic carbocycles. The third kappa shape index (κ3) is 3.13. The van der Waals surface area contributed by atoms with E-state index in [0.717, 1.165) is 0 Å². The molecule has 2 aromatic rings. The van der Waals surface area contributed by atoms with E-state index in [4.69, 9.17) is 16.3 Å². The summed E-state index contributed by atoms with van der Waals surface area (Å²) in [5.41, 5.74) is -0.208. The third-order valence-corrected chi connectivity index (χ3v) is 2.91. The molecule has 2 rings (SSSR count). The molecule has 0 unspecified atom stereocenters.